The van der Waals surface area contributed by atoms with E-state index in [9.17, 15) is 31.5 Å². The maximum Gasteiger partial charge on any atom is 0.499 e. The molecule has 5 rings (SSSR count). The number of thioether (sulfide) groups is 1. The van der Waals surface area contributed by atoms with Gasteiger partial charge in [0.1, 0.15) is 12.1 Å². The molecule has 2 heterocycles. The van der Waals surface area contributed by atoms with E-state index in [2.05, 4.69) is 30.7 Å². The van der Waals surface area contributed by atoms with E-state index in [1.807, 2.05) is 45.9 Å². The topological polar surface area (TPSA) is 114 Å². The zero-order valence-electron chi connectivity index (χ0n) is 26.0. The minimum absolute atomic E-state index is 0.153. The van der Waals surface area contributed by atoms with Crippen molar-refractivity contribution in [3.05, 3.63) is 89.7 Å². The number of anilines is 1. The Morgan fingerprint density at radius 1 is 1.00 bits per heavy atom. The van der Waals surface area contributed by atoms with Crippen LogP contribution in [0.4, 0.5) is 32.4 Å². The molecule has 1 aliphatic heterocycles. The van der Waals surface area contributed by atoms with E-state index in [0.29, 0.717) is 27.9 Å². The van der Waals surface area contributed by atoms with E-state index >= 15 is 0 Å². The summed E-state index contributed by atoms with van der Waals surface area (Å²) in [5.41, 5.74) is 9.97. The molecular formula is C32H30F5N7O3S. The summed E-state index contributed by atoms with van der Waals surface area (Å²) in [7, 11) is 0. The molecule has 0 radical (unpaired) electrons. The molecule has 16 heteroatoms. The molecular weight excluding hydrogens is 657 g/mol. The highest BCUT2D eigenvalue weighted by molar-refractivity contribution is 8.15. The van der Waals surface area contributed by atoms with Crippen LogP contribution in [0, 0.1) is 6.92 Å². The third-order valence-corrected chi connectivity index (χ3v) is 8.17. The monoisotopic (exact) mass is 687 g/mol. The number of hydrogen-bond donors (Lipinski definition) is 2. The lowest BCUT2D eigenvalue weighted by Crippen LogP contribution is -2.41. The number of nitrogens with one attached hydrogen (secondary N) is 2. The summed E-state index contributed by atoms with van der Waals surface area (Å²) in [5, 5.41) is 4.64. The van der Waals surface area contributed by atoms with Crippen molar-refractivity contribution >= 4 is 34.6 Å². The van der Waals surface area contributed by atoms with Gasteiger partial charge in [-0.3, -0.25) is 15.1 Å². The fraction of sp³-hybridized carbons (Fsp3) is 0.281. The van der Waals surface area contributed by atoms with Gasteiger partial charge in [-0.05, 0) is 66.8 Å². The third kappa shape index (κ3) is 7.65. The van der Waals surface area contributed by atoms with Gasteiger partial charge in [0.05, 0.1) is 17.1 Å². The Hall–Kier alpha value is -4.83. The molecule has 48 heavy (non-hydrogen) atoms. The average molecular weight is 688 g/mol. The number of ether oxygens (including phenoxy) is 1. The van der Waals surface area contributed by atoms with Crippen LogP contribution in [0.2, 0.25) is 0 Å². The molecule has 1 unspecified atom stereocenters. The standard InChI is InChI=1S/C32H30F5N7O3S/c1-18(2)25-14-5-19(3)15-26(25)44-27(45)16-48-30(44)39-29(46)41-40-20(4)21-6-8-22(9-7-21)28-38-17-43(42-28)23-10-12-24(13-11-23)47-32(36,37)31(33,34)35/h5-15,17-18,20,40H,16H2,1-4H3,(H,41,46). The van der Waals surface area contributed by atoms with E-state index in [0.717, 1.165) is 28.8 Å². The summed E-state index contributed by atoms with van der Waals surface area (Å²) in [5.74, 6) is -0.155. The van der Waals surface area contributed by atoms with Crippen LogP contribution in [0.5, 0.6) is 5.75 Å². The molecule has 3 aromatic carbocycles. The van der Waals surface area contributed by atoms with Crippen molar-refractivity contribution in [2.75, 3.05) is 10.7 Å². The minimum Gasteiger partial charge on any atom is -0.426 e. The summed E-state index contributed by atoms with van der Waals surface area (Å²) in [6.07, 6.45) is -9.81. The smallest absolute Gasteiger partial charge is 0.426 e. The fourth-order valence-electron chi connectivity index (χ4n) is 4.70. The van der Waals surface area contributed by atoms with Crippen LogP contribution in [-0.2, 0) is 4.79 Å². The van der Waals surface area contributed by atoms with E-state index in [-0.39, 0.29) is 23.6 Å². The van der Waals surface area contributed by atoms with Crippen molar-refractivity contribution in [1.29, 1.82) is 0 Å². The number of amidine groups is 1. The number of carbonyl (C=O) groups excluding carboxylic acids is 2. The number of amides is 3. The Morgan fingerprint density at radius 3 is 2.33 bits per heavy atom. The highest BCUT2D eigenvalue weighted by atomic mass is 32.2. The molecule has 252 valence electrons. The van der Waals surface area contributed by atoms with Crippen LogP contribution in [0.25, 0.3) is 17.1 Å². The lowest BCUT2D eigenvalue weighted by atomic mass is 9.99. The molecule has 4 aromatic rings. The van der Waals surface area contributed by atoms with E-state index in [1.165, 1.54) is 39.8 Å². The number of alkyl halides is 5. The Kier molecular flexibility index (Phi) is 9.86. The molecule has 10 nitrogen and oxygen atoms in total. The van der Waals surface area contributed by atoms with Gasteiger partial charge in [0.25, 0.3) is 0 Å². The highest BCUT2D eigenvalue weighted by Gasteiger charge is 2.61. The first kappa shape index (κ1) is 34.5. The number of aliphatic imine (C=N–C) groups is 1. The summed E-state index contributed by atoms with van der Waals surface area (Å²) < 4.78 is 68.7. The molecule has 1 fully saturated rings. The molecule has 0 spiro atoms. The van der Waals surface area contributed by atoms with Crippen molar-refractivity contribution in [2.24, 2.45) is 4.99 Å². The van der Waals surface area contributed by atoms with E-state index in [4.69, 9.17) is 0 Å². The van der Waals surface area contributed by atoms with Crippen LogP contribution in [-0.4, -0.2) is 49.9 Å². The molecule has 1 aromatic heterocycles. The predicted molar refractivity (Wildman–Crippen MR) is 171 cm³/mol. The first-order valence-electron chi connectivity index (χ1n) is 14.6. The Morgan fingerprint density at radius 2 is 1.69 bits per heavy atom. The van der Waals surface area contributed by atoms with Gasteiger partial charge < -0.3 is 4.74 Å². The number of hydrazine groups is 1. The highest BCUT2D eigenvalue weighted by Crippen LogP contribution is 2.37. The third-order valence-electron chi connectivity index (χ3n) is 7.25. The number of aryl methyl sites for hydroxylation is 1. The zero-order chi connectivity index (χ0) is 34.8. The van der Waals surface area contributed by atoms with Crippen molar-refractivity contribution in [3.8, 4) is 22.8 Å². The lowest BCUT2D eigenvalue weighted by molar-refractivity contribution is -0.360. The molecule has 1 aliphatic rings. The quantitative estimate of drug-likeness (QED) is 0.140. The van der Waals surface area contributed by atoms with Gasteiger partial charge >= 0.3 is 18.3 Å². The molecule has 0 saturated carbocycles. The van der Waals surface area contributed by atoms with Gasteiger partial charge in [0.2, 0.25) is 5.91 Å². The molecule has 2 N–H and O–H groups in total. The second-order valence-electron chi connectivity index (χ2n) is 11.2. The second-order valence-corrected chi connectivity index (χ2v) is 12.1. The van der Waals surface area contributed by atoms with Crippen LogP contribution in [0.3, 0.4) is 0 Å². The Balaban J connectivity index is 1.20. The number of rotatable bonds is 9. The zero-order valence-corrected chi connectivity index (χ0v) is 26.9. The Bertz CT molecular complexity index is 1830. The van der Waals surface area contributed by atoms with Crippen molar-refractivity contribution in [1.82, 2.24) is 25.6 Å². The lowest BCUT2D eigenvalue weighted by Gasteiger charge is -2.22. The summed E-state index contributed by atoms with van der Waals surface area (Å²) in [6, 6.07) is 16.5. The molecule has 1 atom stereocenters. The first-order valence-corrected chi connectivity index (χ1v) is 15.6. The number of nitrogens with zero attached hydrogens (tertiary/aromatic N) is 5. The second kappa shape index (κ2) is 13.7. The van der Waals surface area contributed by atoms with Crippen molar-refractivity contribution < 1.29 is 36.3 Å². The summed E-state index contributed by atoms with van der Waals surface area (Å²) >= 11 is 1.20. The van der Waals surface area contributed by atoms with E-state index < -0.39 is 24.1 Å². The van der Waals surface area contributed by atoms with Crippen molar-refractivity contribution in [2.45, 2.75) is 51.9 Å². The minimum atomic E-state index is -5.85. The van der Waals surface area contributed by atoms with Crippen LogP contribution < -0.4 is 20.5 Å². The molecule has 3 amide bonds. The largest absolute Gasteiger partial charge is 0.499 e. The van der Waals surface area contributed by atoms with Crippen molar-refractivity contribution in [3.63, 3.8) is 0 Å². The number of benzene rings is 3. The predicted octanol–water partition coefficient (Wildman–Crippen LogP) is 7.31. The maximum atomic E-state index is 13.2. The first-order chi connectivity index (χ1) is 22.6. The average Bonchev–Trinajstić information content (AvgIpc) is 3.66. The number of urea groups is 1. The fourth-order valence-corrected chi connectivity index (χ4v) is 5.56. The number of hydrogen-bond acceptors (Lipinski definition) is 7. The molecule has 0 bridgehead atoms. The number of carbonyl (C=O) groups is 2. The van der Waals surface area contributed by atoms with Gasteiger partial charge in [-0.25, -0.2) is 19.9 Å². The molecule has 1 saturated heterocycles. The maximum absolute atomic E-state index is 13.2. The summed E-state index contributed by atoms with van der Waals surface area (Å²) in [4.78, 5) is 35.5. The molecule has 0 aliphatic carbocycles. The number of aromatic nitrogens is 3. The SMILES string of the molecule is Cc1ccc(C(C)C)c(N2C(=O)CSC2=NC(=O)NNC(C)c2ccc(-c3ncn(-c4ccc(OC(F)(F)C(F)(F)F)cc4)n3)cc2)c1. The summed E-state index contributed by atoms with van der Waals surface area (Å²) in [6.45, 7) is 7.84. The van der Waals surface area contributed by atoms with Crippen LogP contribution in [0.1, 0.15) is 49.4 Å². The normalized spacial score (nSPS) is 15.3. The van der Waals surface area contributed by atoms with Gasteiger partial charge in [-0.2, -0.15) is 26.9 Å². The number of halogens is 5. The van der Waals surface area contributed by atoms with Gasteiger partial charge in [0, 0.05) is 11.6 Å². The van der Waals surface area contributed by atoms with Crippen LogP contribution >= 0.6 is 11.8 Å². The van der Waals surface area contributed by atoms with Gasteiger partial charge in [0.15, 0.2) is 11.0 Å². The Labute approximate surface area is 276 Å². The van der Waals surface area contributed by atoms with Crippen LogP contribution in [0.15, 0.2) is 78.0 Å². The van der Waals surface area contributed by atoms with Gasteiger partial charge in [-0.15, -0.1) is 5.10 Å². The van der Waals surface area contributed by atoms with Gasteiger partial charge in [-0.1, -0.05) is 62.0 Å². The van der Waals surface area contributed by atoms with E-state index in [1.54, 1.807) is 24.3 Å².